The number of nitrogens with one attached hydrogen (secondary N) is 1. The molecule has 0 aliphatic heterocycles. The van der Waals surface area contributed by atoms with Crippen LogP contribution in [0.25, 0.3) is 0 Å². The SMILES string of the molecule is COc1ccc(Cl)cc1NC(=O)C(=O)N(CCO)Cc1ccccc1. The van der Waals surface area contributed by atoms with Crippen LogP contribution in [0.5, 0.6) is 5.75 Å². The number of benzene rings is 2. The van der Waals surface area contributed by atoms with Crippen molar-refractivity contribution >= 4 is 29.1 Å². The summed E-state index contributed by atoms with van der Waals surface area (Å²) in [6, 6.07) is 13.9. The van der Waals surface area contributed by atoms with Crippen molar-refractivity contribution in [3.05, 3.63) is 59.1 Å². The maximum Gasteiger partial charge on any atom is 0.314 e. The van der Waals surface area contributed by atoms with Crippen molar-refractivity contribution in [2.24, 2.45) is 0 Å². The number of amides is 2. The summed E-state index contributed by atoms with van der Waals surface area (Å²) >= 11 is 5.92. The third kappa shape index (κ3) is 5.20. The van der Waals surface area contributed by atoms with Crippen LogP contribution in [0, 0.1) is 0 Å². The maximum absolute atomic E-state index is 12.5. The van der Waals surface area contributed by atoms with Crippen LogP contribution >= 0.6 is 11.6 Å². The summed E-state index contributed by atoms with van der Waals surface area (Å²) in [5.41, 5.74) is 1.16. The van der Waals surface area contributed by atoms with Crippen LogP contribution in [0.1, 0.15) is 5.56 Å². The van der Waals surface area contributed by atoms with Crippen LogP contribution in [-0.2, 0) is 16.1 Å². The van der Waals surface area contributed by atoms with Crippen molar-refractivity contribution in [3.63, 3.8) is 0 Å². The van der Waals surface area contributed by atoms with Gasteiger partial charge in [0.15, 0.2) is 0 Å². The number of halogens is 1. The number of rotatable bonds is 6. The molecular weight excluding hydrogens is 344 g/mol. The summed E-state index contributed by atoms with van der Waals surface area (Å²) in [6.07, 6.45) is 0. The monoisotopic (exact) mass is 362 g/mol. The number of carbonyl (C=O) groups is 2. The van der Waals surface area contributed by atoms with Crippen LogP contribution in [0.2, 0.25) is 5.02 Å². The van der Waals surface area contributed by atoms with E-state index in [1.165, 1.54) is 18.1 Å². The van der Waals surface area contributed by atoms with Crippen molar-refractivity contribution < 1.29 is 19.4 Å². The van der Waals surface area contributed by atoms with Gasteiger partial charge in [-0.2, -0.15) is 0 Å². The van der Waals surface area contributed by atoms with E-state index in [2.05, 4.69) is 5.32 Å². The molecule has 7 heteroatoms. The van der Waals surface area contributed by atoms with Crippen molar-refractivity contribution in [3.8, 4) is 5.75 Å². The normalized spacial score (nSPS) is 10.2. The molecule has 0 aromatic heterocycles. The minimum Gasteiger partial charge on any atom is -0.495 e. The number of hydrogen-bond acceptors (Lipinski definition) is 4. The van der Waals surface area contributed by atoms with Crippen LogP contribution in [0.4, 0.5) is 5.69 Å². The Hall–Kier alpha value is -2.57. The molecule has 0 unspecified atom stereocenters. The van der Waals surface area contributed by atoms with E-state index in [9.17, 15) is 14.7 Å². The zero-order valence-corrected chi connectivity index (χ0v) is 14.5. The zero-order valence-electron chi connectivity index (χ0n) is 13.7. The second kappa shape index (κ2) is 9.05. The smallest absolute Gasteiger partial charge is 0.314 e. The van der Waals surface area contributed by atoms with E-state index < -0.39 is 11.8 Å². The largest absolute Gasteiger partial charge is 0.495 e. The van der Waals surface area contributed by atoms with E-state index in [-0.39, 0.29) is 19.7 Å². The van der Waals surface area contributed by atoms with Crippen molar-refractivity contribution in [1.29, 1.82) is 0 Å². The molecule has 0 aliphatic carbocycles. The summed E-state index contributed by atoms with van der Waals surface area (Å²) in [4.78, 5) is 26.1. The molecule has 0 fully saturated rings. The highest BCUT2D eigenvalue weighted by Crippen LogP contribution is 2.27. The molecule has 0 saturated heterocycles. The van der Waals surface area contributed by atoms with Gasteiger partial charge in [-0.3, -0.25) is 9.59 Å². The molecule has 2 aromatic carbocycles. The summed E-state index contributed by atoms with van der Waals surface area (Å²) in [6.45, 7) is 0.0283. The van der Waals surface area contributed by atoms with Gasteiger partial charge in [-0.15, -0.1) is 0 Å². The number of carbonyl (C=O) groups excluding carboxylic acids is 2. The molecule has 6 nitrogen and oxygen atoms in total. The number of aliphatic hydroxyl groups excluding tert-OH is 1. The second-order valence-electron chi connectivity index (χ2n) is 5.23. The predicted octanol–water partition coefficient (Wildman–Crippen LogP) is 2.31. The third-order valence-corrected chi connectivity index (χ3v) is 3.71. The lowest BCUT2D eigenvalue weighted by molar-refractivity contribution is -0.143. The fourth-order valence-corrected chi connectivity index (χ4v) is 2.45. The van der Waals surface area contributed by atoms with Gasteiger partial charge in [-0.25, -0.2) is 0 Å². The molecule has 0 heterocycles. The lowest BCUT2D eigenvalue weighted by Crippen LogP contribution is -2.40. The Morgan fingerprint density at radius 3 is 2.56 bits per heavy atom. The lowest BCUT2D eigenvalue weighted by Gasteiger charge is -2.21. The zero-order chi connectivity index (χ0) is 18.2. The molecule has 0 spiro atoms. The molecule has 2 N–H and O–H groups in total. The molecule has 25 heavy (non-hydrogen) atoms. The maximum atomic E-state index is 12.5. The number of methoxy groups -OCH3 is 1. The molecule has 0 aliphatic rings. The first-order valence-corrected chi connectivity index (χ1v) is 8.01. The first-order chi connectivity index (χ1) is 12.0. The average molecular weight is 363 g/mol. The summed E-state index contributed by atoms with van der Waals surface area (Å²) < 4.78 is 5.15. The highest BCUT2D eigenvalue weighted by molar-refractivity contribution is 6.40. The Labute approximate surface area is 151 Å². The van der Waals surface area contributed by atoms with E-state index in [1.807, 2.05) is 30.3 Å². The van der Waals surface area contributed by atoms with Crippen molar-refractivity contribution in [1.82, 2.24) is 4.90 Å². The number of nitrogens with zero attached hydrogens (tertiary/aromatic N) is 1. The Balaban J connectivity index is 2.13. The summed E-state index contributed by atoms with van der Waals surface area (Å²) in [7, 11) is 1.45. The molecule has 0 atom stereocenters. The van der Waals surface area contributed by atoms with E-state index in [1.54, 1.807) is 12.1 Å². The highest BCUT2D eigenvalue weighted by Gasteiger charge is 2.23. The van der Waals surface area contributed by atoms with Gasteiger partial charge < -0.3 is 20.1 Å². The molecule has 0 bridgehead atoms. The Bertz CT molecular complexity index is 737. The Morgan fingerprint density at radius 2 is 1.92 bits per heavy atom. The van der Waals surface area contributed by atoms with Gasteiger partial charge >= 0.3 is 11.8 Å². The van der Waals surface area contributed by atoms with Crippen LogP contribution < -0.4 is 10.1 Å². The fourth-order valence-electron chi connectivity index (χ4n) is 2.27. The van der Waals surface area contributed by atoms with Crippen LogP contribution in [0.3, 0.4) is 0 Å². The van der Waals surface area contributed by atoms with Gasteiger partial charge in [-0.05, 0) is 23.8 Å². The number of anilines is 1. The molecule has 2 rings (SSSR count). The van der Waals surface area contributed by atoms with Gasteiger partial charge in [0, 0.05) is 18.1 Å². The van der Waals surface area contributed by atoms with Crippen LogP contribution in [0.15, 0.2) is 48.5 Å². The van der Waals surface area contributed by atoms with Crippen molar-refractivity contribution in [2.45, 2.75) is 6.54 Å². The van der Waals surface area contributed by atoms with E-state index >= 15 is 0 Å². The standard InChI is InChI=1S/C18H19ClN2O4/c1-25-16-8-7-14(19)11-15(16)20-17(23)18(24)21(9-10-22)12-13-5-3-2-4-6-13/h2-8,11,22H,9-10,12H2,1H3,(H,20,23). The molecule has 132 valence electrons. The van der Waals surface area contributed by atoms with E-state index in [4.69, 9.17) is 16.3 Å². The molecule has 0 saturated carbocycles. The van der Waals surface area contributed by atoms with Gasteiger partial charge in [0.1, 0.15) is 5.75 Å². The van der Waals surface area contributed by atoms with Crippen molar-refractivity contribution in [2.75, 3.05) is 25.6 Å². The summed E-state index contributed by atoms with van der Waals surface area (Å²) in [5.74, 6) is -1.19. The van der Waals surface area contributed by atoms with E-state index in [0.29, 0.717) is 16.5 Å². The minimum atomic E-state index is -0.829. The number of aliphatic hydroxyl groups is 1. The number of hydrogen-bond donors (Lipinski definition) is 2. The first-order valence-electron chi connectivity index (χ1n) is 7.63. The van der Waals surface area contributed by atoms with E-state index in [0.717, 1.165) is 5.56 Å². The highest BCUT2D eigenvalue weighted by atomic mass is 35.5. The summed E-state index contributed by atoms with van der Waals surface area (Å²) in [5, 5.41) is 12.1. The predicted molar refractivity (Wildman–Crippen MR) is 95.6 cm³/mol. The molecule has 2 aromatic rings. The second-order valence-corrected chi connectivity index (χ2v) is 5.67. The molecular formula is C18H19ClN2O4. The fraction of sp³-hybridized carbons (Fsp3) is 0.222. The van der Waals surface area contributed by atoms with Gasteiger partial charge in [0.2, 0.25) is 0 Å². The molecule has 0 radical (unpaired) electrons. The first kappa shape index (κ1) is 18.8. The number of ether oxygens (including phenoxy) is 1. The molecule has 2 amide bonds. The lowest BCUT2D eigenvalue weighted by atomic mass is 10.2. The topological polar surface area (TPSA) is 78.9 Å². The quantitative estimate of drug-likeness (QED) is 0.773. The van der Waals surface area contributed by atoms with Gasteiger partial charge in [0.05, 0.1) is 19.4 Å². The van der Waals surface area contributed by atoms with Gasteiger partial charge in [0.25, 0.3) is 0 Å². The Kier molecular flexibility index (Phi) is 6.80. The average Bonchev–Trinajstić information content (AvgIpc) is 2.62. The minimum absolute atomic E-state index is 0.0494. The third-order valence-electron chi connectivity index (χ3n) is 3.48. The van der Waals surface area contributed by atoms with Crippen LogP contribution in [-0.4, -0.2) is 42.1 Å². The Morgan fingerprint density at radius 1 is 1.20 bits per heavy atom. The van der Waals surface area contributed by atoms with Gasteiger partial charge in [-0.1, -0.05) is 41.9 Å².